The van der Waals surface area contributed by atoms with Crippen LogP contribution in [0.2, 0.25) is 0 Å². The third kappa shape index (κ3) is 7.23. The highest BCUT2D eigenvalue weighted by Gasteiger charge is 2.33. The predicted octanol–water partition coefficient (Wildman–Crippen LogP) is -2.67. The fourth-order valence-electron chi connectivity index (χ4n) is 3.32. The van der Waals surface area contributed by atoms with Gasteiger partial charge in [-0.3, -0.25) is 14.4 Å². The number of carboxylic acid groups (broad SMARTS) is 1. The monoisotopic (exact) mass is 493 g/mol. The molecule has 0 aliphatic rings. The number of H-pyrrole nitrogens is 1. The van der Waals surface area contributed by atoms with Crippen molar-refractivity contribution >= 4 is 34.6 Å². The zero-order valence-corrected chi connectivity index (χ0v) is 19.3. The summed E-state index contributed by atoms with van der Waals surface area (Å²) in [7, 11) is 0. The maximum Gasteiger partial charge on any atom is 0.328 e. The molecule has 0 aliphatic carbocycles. The van der Waals surface area contributed by atoms with E-state index < -0.39 is 66.7 Å². The molecule has 13 heteroatoms. The molecule has 1 heterocycles. The van der Waals surface area contributed by atoms with Gasteiger partial charge in [0, 0.05) is 23.5 Å². The van der Waals surface area contributed by atoms with E-state index >= 15 is 0 Å². The van der Waals surface area contributed by atoms with E-state index in [1.54, 1.807) is 24.4 Å². The van der Waals surface area contributed by atoms with Gasteiger partial charge in [0.1, 0.15) is 24.2 Å². The summed E-state index contributed by atoms with van der Waals surface area (Å²) in [6, 6.07) is 1.35. The van der Waals surface area contributed by atoms with Crippen LogP contribution in [0.4, 0.5) is 0 Å². The van der Waals surface area contributed by atoms with Crippen LogP contribution in [0.3, 0.4) is 0 Å². The number of carbonyl (C=O) groups excluding carboxylic acids is 3. The standard InChI is InChI=1S/C22H31N5O8/c1-10(29)17(23)20(32)27-18(11(2)30)21(33)25-15(19(31)26-16(9-28)22(34)35)7-12-8-24-14-6-4-3-5-13(12)14/h3-6,8,10-11,15-18,24,28-30H,7,9,23H2,1-2H3,(H,25,33)(H,26,31)(H,27,32)(H,34,35). The Morgan fingerprint density at radius 3 is 2.14 bits per heavy atom. The number of benzene rings is 1. The van der Waals surface area contributed by atoms with Crippen LogP contribution in [0.1, 0.15) is 19.4 Å². The van der Waals surface area contributed by atoms with Crippen LogP contribution in [0.15, 0.2) is 30.5 Å². The van der Waals surface area contributed by atoms with Gasteiger partial charge < -0.3 is 47.1 Å². The molecular formula is C22H31N5O8. The highest BCUT2D eigenvalue weighted by atomic mass is 16.4. The Morgan fingerprint density at radius 2 is 1.57 bits per heavy atom. The smallest absolute Gasteiger partial charge is 0.328 e. The van der Waals surface area contributed by atoms with E-state index in [9.17, 15) is 34.5 Å². The molecule has 192 valence electrons. The molecule has 2 aromatic rings. The molecule has 1 aromatic heterocycles. The number of aromatic amines is 1. The number of nitrogens with one attached hydrogen (secondary N) is 4. The van der Waals surface area contributed by atoms with Crippen molar-refractivity contribution in [3.05, 3.63) is 36.0 Å². The molecule has 0 saturated heterocycles. The van der Waals surface area contributed by atoms with Gasteiger partial charge in [-0.1, -0.05) is 18.2 Å². The first-order valence-electron chi connectivity index (χ1n) is 10.9. The topological polar surface area (TPSA) is 227 Å². The Hall–Kier alpha value is -3.52. The third-order valence-corrected chi connectivity index (χ3v) is 5.41. The number of carbonyl (C=O) groups is 4. The quantitative estimate of drug-likeness (QED) is 0.150. The molecule has 3 amide bonds. The number of nitrogens with two attached hydrogens (primary N) is 1. The van der Waals surface area contributed by atoms with Crippen molar-refractivity contribution in [2.24, 2.45) is 5.73 Å². The van der Waals surface area contributed by atoms with Crippen LogP contribution in [0.5, 0.6) is 0 Å². The summed E-state index contributed by atoms with van der Waals surface area (Å²) in [5.41, 5.74) is 6.98. The fourth-order valence-corrected chi connectivity index (χ4v) is 3.32. The molecule has 0 bridgehead atoms. The summed E-state index contributed by atoms with van der Waals surface area (Å²) < 4.78 is 0. The van der Waals surface area contributed by atoms with Gasteiger partial charge in [0.2, 0.25) is 17.7 Å². The fraction of sp³-hybridized carbons (Fsp3) is 0.455. The number of hydrogen-bond donors (Lipinski definition) is 9. The first-order chi connectivity index (χ1) is 16.5. The number of rotatable bonds is 12. The molecule has 0 radical (unpaired) electrons. The molecule has 13 nitrogen and oxygen atoms in total. The predicted molar refractivity (Wildman–Crippen MR) is 124 cm³/mol. The van der Waals surface area contributed by atoms with Crippen molar-refractivity contribution in [3.8, 4) is 0 Å². The SMILES string of the molecule is CC(O)C(N)C(=O)NC(C(=O)NC(Cc1c[nH]c2ccccc12)C(=O)NC(CO)C(=O)O)C(C)O. The van der Waals surface area contributed by atoms with Crippen molar-refractivity contribution in [2.75, 3.05) is 6.61 Å². The molecule has 10 N–H and O–H groups in total. The number of aliphatic hydroxyl groups is 3. The van der Waals surface area contributed by atoms with E-state index in [0.29, 0.717) is 5.56 Å². The van der Waals surface area contributed by atoms with E-state index in [0.717, 1.165) is 10.9 Å². The number of carboxylic acids is 1. The summed E-state index contributed by atoms with van der Waals surface area (Å²) in [4.78, 5) is 52.4. The van der Waals surface area contributed by atoms with Gasteiger partial charge in [-0.05, 0) is 25.5 Å². The average molecular weight is 494 g/mol. The Labute approximate surface area is 200 Å². The lowest BCUT2D eigenvalue weighted by atomic mass is 10.0. The highest BCUT2D eigenvalue weighted by molar-refractivity contribution is 5.95. The molecule has 1 aromatic carbocycles. The minimum atomic E-state index is -1.61. The van der Waals surface area contributed by atoms with Gasteiger partial charge in [-0.15, -0.1) is 0 Å². The normalized spacial score (nSPS) is 16.4. The van der Waals surface area contributed by atoms with Crippen molar-refractivity contribution in [3.63, 3.8) is 0 Å². The number of aliphatic carboxylic acids is 1. The minimum absolute atomic E-state index is 0.0764. The zero-order valence-electron chi connectivity index (χ0n) is 19.3. The lowest BCUT2D eigenvalue weighted by Gasteiger charge is -2.26. The molecule has 0 fully saturated rings. The third-order valence-electron chi connectivity index (χ3n) is 5.41. The Kier molecular flexibility index (Phi) is 9.71. The largest absolute Gasteiger partial charge is 0.480 e. The summed E-state index contributed by atoms with van der Waals surface area (Å²) >= 11 is 0. The molecule has 0 saturated carbocycles. The van der Waals surface area contributed by atoms with Crippen LogP contribution in [-0.2, 0) is 25.6 Å². The number of aromatic nitrogens is 1. The van der Waals surface area contributed by atoms with E-state index in [-0.39, 0.29) is 6.42 Å². The molecular weight excluding hydrogens is 462 g/mol. The van der Waals surface area contributed by atoms with Crippen molar-refractivity contribution < 1.29 is 39.6 Å². The van der Waals surface area contributed by atoms with Crippen LogP contribution in [-0.4, -0.2) is 92.1 Å². The van der Waals surface area contributed by atoms with Crippen molar-refractivity contribution in [2.45, 2.75) is 56.6 Å². The number of amides is 3. The second-order valence-corrected chi connectivity index (χ2v) is 8.20. The van der Waals surface area contributed by atoms with Gasteiger partial charge in [0.25, 0.3) is 0 Å². The van der Waals surface area contributed by atoms with Crippen LogP contribution in [0, 0.1) is 0 Å². The van der Waals surface area contributed by atoms with Gasteiger partial charge in [-0.2, -0.15) is 0 Å². The lowest BCUT2D eigenvalue weighted by molar-refractivity contribution is -0.143. The highest BCUT2D eigenvalue weighted by Crippen LogP contribution is 2.19. The number of hydrogen-bond acceptors (Lipinski definition) is 8. The van der Waals surface area contributed by atoms with Gasteiger partial charge >= 0.3 is 5.97 Å². The summed E-state index contributed by atoms with van der Waals surface area (Å²) in [6.45, 7) is 1.64. The molecule has 0 aliphatic heterocycles. The second-order valence-electron chi connectivity index (χ2n) is 8.20. The van der Waals surface area contributed by atoms with Gasteiger partial charge in [-0.25, -0.2) is 4.79 Å². The average Bonchev–Trinajstić information content (AvgIpc) is 3.21. The lowest BCUT2D eigenvalue weighted by Crippen LogP contribution is -2.61. The van der Waals surface area contributed by atoms with Crippen LogP contribution < -0.4 is 21.7 Å². The van der Waals surface area contributed by atoms with Gasteiger partial charge in [0.05, 0.1) is 18.8 Å². The van der Waals surface area contributed by atoms with Crippen molar-refractivity contribution in [1.29, 1.82) is 0 Å². The number of fused-ring (bicyclic) bond motifs is 1. The second kappa shape index (κ2) is 12.3. The first-order valence-corrected chi connectivity index (χ1v) is 10.9. The van der Waals surface area contributed by atoms with E-state index in [2.05, 4.69) is 20.9 Å². The maximum atomic E-state index is 13.0. The van der Waals surface area contributed by atoms with E-state index in [4.69, 9.17) is 10.8 Å². The Morgan fingerprint density at radius 1 is 0.943 bits per heavy atom. The molecule has 6 unspecified atom stereocenters. The van der Waals surface area contributed by atoms with E-state index in [1.165, 1.54) is 13.8 Å². The van der Waals surface area contributed by atoms with Crippen LogP contribution in [0.25, 0.3) is 10.9 Å². The Balaban J connectivity index is 2.30. The summed E-state index contributed by atoms with van der Waals surface area (Å²) in [5.74, 6) is -4.22. The van der Waals surface area contributed by atoms with Gasteiger partial charge in [0.15, 0.2) is 0 Å². The minimum Gasteiger partial charge on any atom is -0.480 e. The zero-order chi connectivity index (χ0) is 26.3. The maximum absolute atomic E-state index is 13.0. The summed E-state index contributed by atoms with van der Waals surface area (Å²) in [5, 5.41) is 45.6. The molecule has 0 spiro atoms. The summed E-state index contributed by atoms with van der Waals surface area (Å²) in [6.07, 6.45) is -1.07. The number of para-hydroxylation sites is 1. The van der Waals surface area contributed by atoms with E-state index in [1.807, 2.05) is 6.07 Å². The molecule has 35 heavy (non-hydrogen) atoms. The Bertz CT molecular complexity index is 1050. The molecule has 2 rings (SSSR count). The van der Waals surface area contributed by atoms with Crippen LogP contribution >= 0.6 is 0 Å². The number of aliphatic hydroxyl groups excluding tert-OH is 3. The van der Waals surface area contributed by atoms with Crippen molar-refractivity contribution in [1.82, 2.24) is 20.9 Å². The molecule has 6 atom stereocenters. The first kappa shape index (κ1) is 27.7.